The average Bonchev–Trinajstić information content (AvgIpc) is 2.90. The Morgan fingerprint density at radius 1 is 1.00 bits per heavy atom. The number of nitrogens with zero attached hydrogens (tertiary/aromatic N) is 3. The Morgan fingerprint density at radius 3 is 2.45 bits per heavy atom. The summed E-state index contributed by atoms with van der Waals surface area (Å²) in [6, 6.07) is 16.3. The summed E-state index contributed by atoms with van der Waals surface area (Å²) in [6.45, 7) is 4.37. The maximum Gasteiger partial charge on any atom is 0.113 e. The van der Waals surface area contributed by atoms with Crippen molar-refractivity contribution in [3.8, 4) is 0 Å². The van der Waals surface area contributed by atoms with E-state index in [0.29, 0.717) is 5.92 Å². The molecule has 3 nitrogen and oxygen atoms in total. The molecule has 102 valence electrons. The van der Waals surface area contributed by atoms with Gasteiger partial charge in [0.2, 0.25) is 0 Å². The first kappa shape index (κ1) is 13.1. The predicted molar refractivity (Wildman–Crippen MR) is 82.1 cm³/mol. The molecule has 3 rings (SSSR count). The highest BCUT2D eigenvalue weighted by atomic mass is 35.5. The number of para-hydroxylation sites is 1. The zero-order chi connectivity index (χ0) is 14.1. The second-order valence-electron chi connectivity index (χ2n) is 5.10. The predicted octanol–water partition coefficient (Wildman–Crippen LogP) is 4.45. The van der Waals surface area contributed by atoms with E-state index >= 15 is 0 Å². The van der Waals surface area contributed by atoms with Crippen LogP contribution in [0.2, 0.25) is 5.02 Å². The van der Waals surface area contributed by atoms with Gasteiger partial charge >= 0.3 is 0 Å². The smallest absolute Gasteiger partial charge is 0.113 e. The number of fused-ring (bicyclic) bond motifs is 1. The Balaban J connectivity index is 1.95. The highest BCUT2D eigenvalue weighted by Gasteiger charge is 2.19. The average molecular weight is 286 g/mol. The Morgan fingerprint density at radius 2 is 1.70 bits per heavy atom. The number of hydrogen-bond acceptors (Lipinski definition) is 2. The molecule has 0 aliphatic heterocycles. The molecule has 0 spiro atoms. The van der Waals surface area contributed by atoms with E-state index in [1.54, 1.807) is 0 Å². The standard InChI is InChI=1S/C16H16ClN3/c1-11(13-7-9-14(17)10-8-13)12(2)20-16-6-4-3-5-15(16)18-19-20/h3-12H,1-2H3. The van der Waals surface area contributed by atoms with E-state index in [9.17, 15) is 0 Å². The van der Waals surface area contributed by atoms with Crippen molar-refractivity contribution in [2.24, 2.45) is 0 Å². The van der Waals surface area contributed by atoms with E-state index in [-0.39, 0.29) is 6.04 Å². The summed E-state index contributed by atoms with van der Waals surface area (Å²) in [6.07, 6.45) is 0. The van der Waals surface area contributed by atoms with Crippen LogP contribution in [-0.2, 0) is 0 Å². The van der Waals surface area contributed by atoms with Gasteiger partial charge in [-0.15, -0.1) is 5.10 Å². The van der Waals surface area contributed by atoms with E-state index in [0.717, 1.165) is 16.1 Å². The van der Waals surface area contributed by atoms with Crippen molar-refractivity contribution < 1.29 is 0 Å². The van der Waals surface area contributed by atoms with Gasteiger partial charge in [-0.1, -0.05) is 48.0 Å². The van der Waals surface area contributed by atoms with Crippen LogP contribution in [0.15, 0.2) is 48.5 Å². The van der Waals surface area contributed by atoms with Gasteiger partial charge in [0.25, 0.3) is 0 Å². The van der Waals surface area contributed by atoms with Crippen molar-refractivity contribution >= 4 is 22.6 Å². The van der Waals surface area contributed by atoms with Crippen LogP contribution in [-0.4, -0.2) is 15.0 Å². The lowest BCUT2D eigenvalue weighted by molar-refractivity contribution is 0.428. The van der Waals surface area contributed by atoms with Gasteiger partial charge in [-0.2, -0.15) is 0 Å². The second-order valence-corrected chi connectivity index (χ2v) is 5.54. The van der Waals surface area contributed by atoms with Gasteiger partial charge < -0.3 is 0 Å². The fourth-order valence-corrected chi connectivity index (χ4v) is 2.57. The van der Waals surface area contributed by atoms with Crippen LogP contribution in [0.25, 0.3) is 11.0 Å². The zero-order valence-corrected chi connectivity index (χ0v) is 12.2. The molecule has 3 aromatic rings. The monoisotopic (exact) mass is 285 g/mol. The number of halogens is 1. The van der Waals surface area contributed by atoms with Crippen molar-refractivity contribution in [3.63, 3.8) is 0 Å². The molecule has 0 fully saturated rings. The number of hydrogen-bond donors (Lipinski definition) is 0. The highest BCUT2D eigenvalue weighted by molar-refractivity contribution is 6.30. The molecule has 0 amide bonds. The van der Waals surface area contributed by atoms with Gasteiger partial charge in [-0.05, 0) is 36.8 Å². The summed E-state index contributed by atoms with van der Waals surface area (Å²) in [5, 5.41) is 9.29. The molecular formula is C16H16ClN3. The lowest BCUT2D eigenvalue weighted by atomic mass is 9.94. The van der Waals surface area contributed by atoms with Gasteiger partial charge in [-0.25, -0.2) is 4.68 Å². The molecule has 0 saturated heterocycles. The van der Waals surface area contributed by atoms with Crippen LogP contribution in [0, 0.1) is 0 Å². The summed E-state index contributed by atoms with van der Waals surface area (Å²) in [5.74, 6) is 0.331. The summed E-state index contributed by atoms with van der Waals surface area (Å²) in [5.41, 5.74) is 3.25. The molecule has 1 aromatic heterocycles. The van der Waals surface area contributed by atoms with Crippen molar-refractivity contribution in [1.82, 2.24) is 15.0 Å². The molecule has 0 aliphatic rings. The quantitative estimate of drug-likeness (QED) is 0.712. The largest absolute Gasteiger partial charge is 0.241 e. The lowest BCUT2D eigenvalue weighted by Crippen LogP contribution is -2.14. The Kier molecular flexibility index (Phi) is 3.45. The molecule has 2 aromatic carbocycles. The van der Waals surface area contributed by atoms with Crippen LogP contribution >= 0.6 is 11.6 Å². The SMILES string of the molecule is CC(c1ccc(Cl)cc1)C(C)n1nnc2ccccc21. The zero-order valence-electron chi connectivity index (χ0n) is 11.5. The van der Waals surface area contributed by atoms with Crippen LogP contribution in [0.3, 0.4) is 0 Å². The minimum Gasteiger partial charge on any atom is -0.241 e. The second kappa shape index (κ2) is 5.25. The first-order valence-corrected chi connectivity index (χ1v) is 7.10. The van der Waals surface area contributed by atoms with E-state index in [2.05, 4.69) is 42.4 Å². The van der Waals surface area contributed by atoms with Gasteiger partial charge in [0.15, 0.2) is 0 Å². The Hall–Kier alpha value is -1.87. The summed E-state index contributed by atoms with van der Waals surface area (Å²) >= 11 is 5.95. The maximum absolute atomic E-state index is 5.95. The number of rotatable bonds is 3. The van der Waals surface area contributed by atoms with E-state index < -0.39 is 0 Å². The molecule has 2 unspecified atom stereocenters. The fraction of sp³-hybridized carbons (Fsp3) is 0.250. The third-order valence-corrected chi connectivity index (χ3v) is 4.13. The number of benzene rings is 2. The minimum atomic E-state index is 0.226. The molecule has 2 atom stereocenters. The molecule has 4 heteroatoms. The van der Waals surface area contributed by atoms with E-state index in [1.165, 1.54) is 5.56 Å². The topological polar surface area (TPSA) is 30.7 Å². The van der Waals surface area contributed by atoms with Gasteiger partial charge in [-0.3, -0.25) is 0 Å². The molecule has 0 radical (unpaired) electrons. The number of aromatic nitrogens is 3. The molecular weight excluding hydrogens is 270 g/mol. The third kappa shape index (κ3) is 2.29. The normalized spacial score (nSPS) is 14.3. The van der Waals surface area contributed by atoms with Crippen LogP contribution in [0.5, 0.6) is 0 Å². The maximum atomic E-state index is 5.95. The van der Waals surface area contributed by atoms with Crippen LogP contribution < -0.4 is 0 Å². The molecule has 0 aliphatic carbocycles. The Bertz CT molecular complexity index is 718. The van der Waals surface area contributed by atoms with Crippen molar-refractivity contribution in [3.05, 3.63) is 59.1 Å². The van der Waals surface area contributed by atoms with Gasteiger partial charge in [0, 0.05) is 10.9 Å². The summed E-state index contributed by atoms with van der Waals surface area (Å²) in [4.78, 5) is 0. The summed E-state index contributed by atoms with van der Waals surface area (Å²) < 4.78 is 1.99. The summed E-state index contributed by atoms with van der Waals surface area (Å²) in [7, 11) is 0. The lowest BCUT2D eigenvalue weighted by Gasteiger charge is -2.21. The molecule has 0 saturated carbocycles. The van der Waals surface area contributed by atoms with Crippen LogP contribution in [0.1, 0.15) is 31.4 Å². The fourth-order valence-electron chi connectivity index (χ4n) is 2.44. The molecule has 0 N–H and O–H groups in total. The van der Waals surface area contributed by atoms with Crippen LogP contribution in [0.4, 0.5) is 0 Å². The van der Waals surface area contributed by atoms with E-state index in [4.69, 9.17) is 11.6 Å². The van der Waals surface area contributed by atoms with Gasteiger partial charge in [0.05, 0.1) is 11.6 Å². The minimum absolute atomic E-state index is 0.226. The first-order chi connectivity index (χ1) is 9.66. The first-order valence-electron chi connectivity index (χ1n) is 6.72. The Labute approximate surface area is 123 Å². The molecule has 1 heterocycles. The highest BCUT2D eigenvalue weighted by Crippen LogP contribution is 2.30. The third-order valence-electron chi connectivity index (χ3n) is 3.88. The van der Waals surface area contributed by atoms with Crippen molar-refractivity contribution in [2.45, 2.75) is 25.8 Å². The molecule has 20 heavy (non-hydrogen) atoms. The van der Waals surface area contributed by atoms with E-state index in [1.807, 2.05) is 35.0 Å². The van der Waals surface area contributed by atoms with Gasteiger partial charge in [0.1, 0.15) is 5.52 Å². The molecule has 0 bridgehead atoms. The van der Waals surface area contributed by atoms with Crippen molar-refractivity contribution in [2.75, 3.05) is 0 Å². The van der Waals surface area contributed by atoms with Crippen molar-refractivity contribution in [1.29, 1.82) is 0 Å².